The van der Waals surface area contributed by atoms with E-state index in [2.05, 4.69) is 15.5 Å². The number of carbonyl (C=O) groups is 1. The van der Waals surface area contributed by atoms with Crippen LogP contribution in [-0.2, 0) is 0 Å². The Hall–Kier alpha value is -3.87. The molecule has 0 atom stereocenters. The van der Waals surface area contributed by atoms with Crippen molar-refractivity contribution in [2.24, 2.45) is 0 Å². The van der Waals surface area contributed by atoms with Gasteiger partial charge in [0.15, 0.2) is 5.76 Å². The van der Waals surface area contributed by atoms with E-state index in [4.69, 9.17) is 4.52 Å². The number of rotatable bonds is 4. The molecule has 0 aliphatic rings. The van der Waals surface area contributed by atoms with E-state index in [1.54, 1.807) is 12.1 Å². The second-order valence-corrected chi connectivity index (χ2v) is 6.85. The SMILES string of the molecule is Cc1cc(-c2ccc(C)c(-c3ccc(NC(=O)c4c(F)cccc4F)cn3)c2)on1. The Morgan fingerprint density at radius 2 is 1.77 bits per heavy atom. The molecule has 1 N–H and O–H groups in total. The van der Waals surface area contributed by atoms with Crippen LogP contribution in [-0.4, -0.2) is 16.0 Å². The standard InChI is InChI=1S/C23H17F2N3O2/c1-13-6-7-15(21-10-14(2)28-30-21)11-17(13)20-9-8-16(12-26-20)27-23(29)22-18(24)4-3-5-19(22)25/h3-12H,1-2H3,(H,27,29). The van der Waals surface area contributed by atoms with E-state index < -0.39 is 23.1 Å². The van der Waals surface area contributed by atoms with Crippen LogP contribution in [0.15, 0.2) is 65.3 Å². The number of hydrogen-bond acceptors (Lipinski definition) is 4. The van der Waals surface area contributed by atoms with E-state index >= 15 is 0 Å². The molecule has 0 spiro atoms. The minimum Gasteiger partial charge on any atom is -0.356 e. The Morgan fingerprint density at radius 3 is 2.40 bits per heavy atom. The van der Waals surface area contributed by atoms with Crippen molar-refractivity contribution in [1.29, 1.82) is 0 Å². The van der Waals surface area contributed by atoms with E-state index in [0.717, 1.165) is 34.5 Å². The Bertz CT molecular complexity index is 1210. The first-order valence-electron chi connectivity index (χ1n) is 9.18. The maximum absolute atomic E-state index is 13.8. The fourth-order valence-electron chi connectivity index (χ4n) is 3.09. The van der Waals surface area contributed by atoms with Gasteiger partial charge in [0.25, 0.3) is 5.91 Å². The summed E-state index contributed by atoms with van der Waals surface area (Å²) in [6.07, 6.45) is 1.44. The number of pyridine rings is 1. The average Bonchev–Trinajstić information content (AvgIpc) is 3.15. The number of amides is 1. The van der Waals surface area contributed by atoms with Gasteiger partial charge >= 0.3 is 0 Å². The van der Waals surface area contributed by atoms with Crippen LogP contribution in [0.3, 0.4) is 0 Å². The topological polar surface area (TPSA) is 68.0 Å². The highest BCUT2D eigenvalue weighted by molar-refractivity contribution is 6.04. The fraction of sp³-hybridized carbons (Fsp3) is 0.0870. The molecule has 0 aliphatic heterocycles. The lowest BCUT2D eigenvalue weighted by molar-refractivity contribution is 0.101. The molecule has 0 fully saturated rings. The van der Waals surface area contributed by atoms with Gasteiger partial charge in [-0.15, -0.1) is 0 Å². The number of carbonyl (C=O) groups excluding carboxylic acids is 1. The van der Waals surface area contributed by atoms with E-state index in [1.165, 1.54) is 12.3 Å². The summed E-state index contributed by atoms with van der Waals surface area (Å²) in [6.45, 7) is 3.81. The predicted molar refractivity (Wildman–Crippen MR) is 109 cm³/mol. The molecule has 0 aliphatic carbocycles. The lowest BCUT2D eigenvalue weighted by atomic mass is 10.0. The summed E-state index contributed by atoms with van der Waals surface area (Å²) in [7, 11) is 0. The number of anilines is 1. The first-order valence-corrected chi connectivity index (χ1v) is 9.18. The van der Waals surface area contributed by atoms with Crippen molar-refractivity contribution in [3.8, 4) is 22.6 Å². The Balaban J connectivity index is 1.59. The Morgan fingerprint density at radius 1 is 1.00 bits per heavy atom. The molecule has 2 aromatic heterocycles. The lowest BCUT2D eigenvalue weighted by Crippen LogP contribution is -2.15. The number of benzene rings is 2. The van der Waals surface area contributed by atoms with Gasteiger partial charge in [-0.25, -0.2) is 8.78 Å². The number of aromatic nitrogens is 2. The highest BCUT2D eigenvalue weighted by atomic mass is 19.1. The normalized spacial score (nSPS) is 10.8. The highest BCUT2D eigenvalue weighted by Crippen LogP contribution is 2.29. The van der Waals surface area contributed by atoms with Gasteiger partial charge in [-0.05, 0) is 49.7 Å². The molecule has 150 valence electrons. The quantitative estimate of drug-likeness (QED) is 0.483. The molecule has 1 amide bonds. The molecular formula is C23H17F2N3O2. The highest BCUT2D eigenvalue weighted by Gasteiger charge is 2.17. The molecule has 0 bridgehead atoms. The van der Waals surface area contributed by atoms with Crippen molar-refractivity contribution in [2.45, 2.75) is 13.8 Å². The third kappa shape index (κ3) is 3.82. The first-order chi connectivity index (χ1) is 14.4. The van der Waals surface area contributed by atoms with Gasteiger partial charge in [0.1, 0.15) is 17.2 Å². The van der Waals surface area contributed by atoms with Crippen LogP contribution >= 0.6 is 0 Å². The molecule has 2 heterocycles. The molecule has 0 radical (unpaired) electrons. The van der Waals surface area contributed by atoms with E-state index in [0.29, 0.717) is 17.1 Å². The largest absolute Gasteiger partial charge is 0.356 e. The van der Waals surface area contributed by atoms with E-state index in [1.807, 2.05) is 38.1 Å². The van der Waals surface area contributed by atoms with Crippen LogP contribution in [0.1, 0.15) is 21.6 Å². The minimum absolute atomic E-state index is 0.325. The molecule has 0 saturated carbocycles. The van der Waals surface area contributed by atoms with Crippen molar-refractivity contribution >= 4 is 11.6 Å². The van der Waals surface area contributed by atoms with Crippen LogP contribution in [0.4, 0.5) is 14.5 Å². The molecule has 7 heteroatoms. The van der Waals surface area contributed by atoms with Crippen LogP contribution < -0.4 is 5.32 Å². The summed E-state index contributed by atoms with van der Waals surface area (Å²) in [5, 5.41) is 6.38. The summed E-state index contributed by atoms with van der Waals surface area (Å²) < 4.78 is 32.9. The van der Waals surface area contributed by atoms with Crippen molar-refractivity contribution in [1.82, 2.24) is 10.1 Å². The van der Waals surface area contributed by atoms with Crippen molar-refractivity contribution in [3.63, 3.8) is 0 Å². The predicted octanol–water partition coefficient (Wildman–Crippen LogP) is 5.55. The third-order valence-electron chi connectivity index (χ3n) is 4.64. The maximum atomic E-state index is 13.8. The minimum atomic E-state index is -0.924. The number of halogens is 2. The molecule has 5 nitrogen and oxygen atoms in total. The van der Waals surface area contributed by atoms with Crippen molar-refractivity contribution in [3.05, 3.63) is 89.2 Å². The second-order valence-electron chi connectivity index (χ2n) is 6.85. The summed E-state index contributed by atoms with van der Waals surface area (Å²) in [4.78, 5) is 16.6. The lowest BCUT2D eigenvalue weighted by Gasteiger charge is -2.10. The van der Waals surface area contributed by atoms with Gasteiger partial charge in [0, 0.05) is 17.2 Å². The maximum Gasteiger partial charge on any atom is 0.261 e. The molecule has 0 saturated heterocycles. The third-order valence-corrected chi connectivity index (χ3v) is 4.64. The number of nitrogens with one attached hydrogen (secondary N) is 1. The van der Waals surface area contributed by atoms with Crippen molar-refractivity contribution in [2.75, 3.05) is 5.32 Å². The summed E-state index contributed by atoms with van der Waals surface area (Å²) in [6, 6.07) is 14.3. The smallest absolute Gasteiger partial charge is 0.261 e. The molecule has 30 heavy (non-hydrogen) atoms. The van der Waals surface area contributed by atoms with Gasteiger partial charge in [-0.1, -0.05) is 23.4 Å². The van der Waals surface area contributed by atoms with Crippen molar-refractivity contribution < 1.29 is 18.1 Å². The second kappa shape index (κ2) is 7.87. The van der Waals surface area contributed by atoms with Crippen LogP contribution in [0.2, 0.25) is 0 Å². The number of nitrogens with zero attached hydrogens (tertiary/aromatic N) is 2. The molecular weight excluding hydrogens is 388 g/mol. The van der Waals surface area contributed by atoms with Gasteiger partial charge in [-0.2, -0.15) is 0 Å². The molecule has 0 unspecified atom stereocenters. The Kier molecular flexibility index (Phi) is 5.10. The fourth-order valence-corrected chi connectivity index (χ4v) is 3.09. The molecule has 2 aromatic carbocycles. The van der Waals surface area contributed by atoms with Gasteiger partial charge in [0.05, 0.1) is 23.3 Å². The molecule has 4 rings (SSSR count). The van der Waals surface area contributed by atoms with E-state index in [9.17, 15) is 13.6 Å². The zero-order valence-corrected chi connectivity index (χ0v) is 16.2. The molecule has 4 aromatic rings. The number of hydrogen-bond donors (Lipinski definition) is 1. The Labute approximate surface area is 171 Å². The monoisotopic (exact) mass is 405 g/mol. The van der Waals surface area contributed by atoms with Gasteiger partial charge < -0.3 is 9.84 Å². The zero-order chi connectivity index (χ0) is 21.3. The van der Waals surface area contributed by atoms with Gasteiger partial charge in [0.2, 0.25) is 0 Å². The van der Waals surface area contributed by atoms with Crippen LogP contribution in [0, 0.1) is 25.5 Å². The average molecular weight is 405 g/mol. The summed E-state index contributed by atoms with van der Waals surface area (Å²) in [5.41, 5.74) is 3.92. The summed E-state index contributed by atoms with van der Waals surface area (Å²) >= 11 is 0. The van der Waals surface area contributed by atoms with Gasteiger partial charge in [-0.3, -0.25) is 9.78 Å². The van der Waals surface area contributed by atoms with Crippen LogP contribution in [0.25, 0.3) is 22.6 Å². The first kappa shape index (κ1) is 19.4. The van der Waals surface area contributed by atoms with Crippen LogP contribution in [0.5, 0.6) is 0 Å². The number of aryl methyl sites for hydroxylation is 2. The zero-order valence-electron chi connectivity index (χ0n) is 16.2. The summed E-state index contributed by atoms with van der Waals surface area (Å²) in [5.74, 6) is -2.07. The van der Waals surface area contributed by atoms with E-state index in [-0.39, 0.29) is 0 Å².